The number of aliphatic hydroxyl groups excluding tert-OH is 1. The molecule has 0 aliphatic carbocycles. The summed E-state index contributed by atoms with van der Waals surface area (Å²) < 4.78 is 74.9. The first-order valence-electron chi connectivity index (χ1n) is 24.4. The minimum absolute atomic E-state index is 0.0425. The van der Waals surface area contributed by atoms with Gasteiger partial charge in [0, 0.05) is 51.1 Å². The standard InChI is InChI=1S/C54H67N3O13S/c1-8-34-33-55-19-17-37-27-47(64-3)49(66-5)31-43(37)45(55)25-39(34)26-46-44-32-50(67-6)48(65-4)28-38(44)18-20-57(46)53(59)51-29-40(35-9-11-36(12-10-35)54(60)68-7)30-52(70-51)69-24-22-56(21-23-58)71(61,62)42-15-13-41(63-2)14-16-42/h9-16,27-29,31-32,34,39-40,45-46,52,58H,8,17-26,30,33H2,1-7H3. The highest BCUT2D eigenvalue weighted by atomic mass is 32.2. The lowest BCUT2D eigenvalue weighted by atomic mass is 9.72. The van der Waals surface area contributed by atoms with Crippen molar-refractivity contribution in [3.8, 4) is 28.7 Å². The SMILES string of the molecule is CCC1CN2CCc3cc(OC)c(OC)cc3C2CC1CC1c2cc(OC)c(OC)cc2CCN1C(=O)C1=CC(c2ccc(C(=O)OC)cc2)CC(OCCN(CCO)S(=O)(=O)c2ccc(OC)cc2)O1. The maximum Gasteiger partial charge on any atom is 0.337 e. The van der Waals surface area contributed by atoms with E-state index in [1.807, 2.05) is 35.2 Å². The molecule has 71 heavy (non-hydrogen) atoms. The number of ether oxygens (including phenoxy) is 8. The van der Waals surface area contributed by atoms with Gasteiger partial charge in [-0.3, -0.25) is 9.69 Å². The van der Waals surface area contributed by atoms with Crippen molar-refractivity contribution in [1.82, 2.24) is 14.1 Å². The van der Waals surface area contributed by atoms with Crippen LogP contribution in [0.1, 0.15) is 88.8 Å². The van der Waals surface area contributed by atoms with E-state index < -0.39 is 28.9 Å². The van der Waals surface area contributed by atoms with E-state index in [2.05, 4.69) is 24.0 Å². The highest BCUT2D eigenvalue weighted by Gasteiger charge is 2.44. The third kappa shape index (κ3) is 10.8. The number of allylic oxidation sites excluding steroid dienone is 1. The molecule has 0 aromatic heterocycles. The molecule has 4 heterocycles. The van der Waals surface area contributed by atoms with Crippen LogP contribution in [0.4, 0.5) is 0 Å². The fraction of sp³-hybridized carbons (Fsp3) is 0.481. The van der Waals surface area contributed by atoms with Gasteiger partial charge in [-0.05, 0) is 132 Å². The maximum absolute atomic E-state index is 15.5. The smallest absolute Gasteiger partial charge is 0.337 e. The lowest BCUT2D eigenvalue weighted by Gasteiger charge is -2.49. The highest BCUT2D eigenvalue weighted by molar-refractivity contribution is 7.89. The number of carbonyl (C=O) groups is 2. The molecular weight excluding hydrogens is 931 g/mol. The third-order valence-corrected chi connectivity index (χ3v) is 16.7. The second-order valence-electron chi connectivity index (χ2n) is 18.4. The van der Waals surface area contributed by atoms with Crippen molar-refractivity contribution in [2.45, 2.75) is 74.6 Å². The number of carbonyl (C=O) groups excluding carboxylic acids is 2. The molecular formula is C54H67N3O13S. The van der Waals surface area contributed by atoms with E-state index in [1.54, 1.807) is 52.7 Å². The fourth-order valence-electron chi connectivity index (χ4n) is 11.0. The molecule has 16 nitrogen and oxygen atoms in total. The first-order chi connectivity index (χ1) is 34.4. The van der Waals surface area contributed by atoms with Crippen LogP contribution in [0, 0.1) is 11.8 Å². The average Bonchev–Trinajstić information content (AvgIpc) is 3.41. The Hall–Kier alpha value is -5.85. The molecule has 1 N–H and O–H groups in total. The summed E-state index contributed by atoms with van der Waals surface area (Å²) in [5, 5.41) is 9.93. The topological polar surface area (TPSA) is 172 Å². The average molecular weight is 998 g/mol. The summed E-state index contributed by atoms with van der Waals surface area (Å²) in [6.07, 6.45) is 5.22. The summed E-state index contributed by atoms with van der Waals surface area (Å²) in [7, 11) is 5.39. The monoisotopic (exact) mass is 997 g/mol. The number of fused-ring (bicyclic) bond motifs is 4. The fourth-order valence-corrected chi connectivity index (χ4v) is 12.4. The van der Waals surface area contributed by atoms with Crippen molar-refractivity contribution >= 4 is 21.9 Å². The van der Waals surface area contributed by atoms with Gasteiger partial charge < -0.3 is 47.9 Å². The van der Waals surface area contributed by atoms with Crippen LogP contribution in [0.3, 0.4) is 0 Å². The number of amides is 1. The molecule has 1 saturated heterocycles. The van der Waals surface area contributed by atoms with Crippen molar-refractivity contribution in [3.63, 3.8) is 0 Å². The zero-order valence-corrected chi connectivity index (χ0v) is 42.6. The Morgan fingerprint density at radius 2 is 1.39 bits per heavy atom. The molecule has 1 fully saturated rings. The second-order valence-corrected chi connectivity index (χ2v) is 20.4. The molecule has 1 amide bonds. The predicted molar refractivity (Wildman–Crippen MR) is 265 cm³/mol. The maximum atomic E-state index is 15.5. The number of hydrogen-bond donors (Lipinski definition) is 1. The predicted octanol–water partition coefficient (Wildman–Crippen LogP) is 7.09. The van der Waals surface area contributed by atoms with E-state index in [0.29, 0.717) is 60.3 Å². The van der Waals surface area contributed by atoms with Crippen LogP contribution in [0.15, 0.2) is 89.5 Å². The van der Waals surface area contributed by atoms with Crippen molar-refractivity contribution in [1.29, 1.82) is 0 Å². The molecule has 0 radical (unpaired) electrons. The summed E-state index contributed by atoms with van der Waals surface area (Å²) in [5.41, 5.74) is 5.81. The highest BCUT2D eigenvalue weighted by Crippen LogP contribution is 2.50. The van der Waals surface area contributed by atoms with Crippen LogP contribution in [-0.4, -0.2) is 134 Å². The molecule has 6 atom stereocenters. The van der Waals surface area contributed by atoms with E-state index >= 15 is 4.79 Å². The molecule has 382 valence electrons. The van der Waals surface area contributed by atoms with Crippen molar-refractivity contribution in [3.05, 3.63) is 118 Å². The van der Waals surface area contributed by atoms with Gasteiger partial charge in [-0.1, -0.05) is 25.5 Å². The van der Waals surface area contributed by atoms with Gasteiger partial charge in [-0.2, -0.15) is 4.31 Å². The Morgan fingerprint density at radius 3 is 2.01 bits per heavy atom. The van der Waals surface area contributed by atoms with E-state index in [-0.39, 0.29) is 60.2 Å². The summed E-state index contributed by atoms with van der Waals surface area (Å²) in [6.45, 7) is 3.78. The number of piperidine rings is 1. The quantitative estimate of drug-likeness (QED) is 0.0944. The van der Waals surface area contributed by atoms with Crippen LogP contribution in [0.25, 0.3) is 0 Å². The van der Waals surface area contributed by atoms with Crippen LogP contribution in [-0.2, 0) is 41.9 Å². The van der Waals surface area contributed by atoms with Crippen LogP contribution in [0.2, 0.25) is 0 Å². The lowest BCUT2D eigenvalue weighted by molar-refractivity contribution is -0.155. The number of benzene rings is 4. The Kier molecular flexibility index (Phi) is 16.5. The van der Waals surface area contributed by atoms with Gasteiger partial charge in [0.05, 0.1) is 72.4 Å². The summed E-state index contributed by atoms with van der Waals surface area (Å²) in [4.78, 5) is 32.5. The van der Waals surface area contributed by atoms with Crippen molar-refractivity contribution < 1.29 is 61.0 Å². The minimum atomic E-state index is -4.03. The minimum Gasteiger partial charge on any atom is -0.497 e. The Bertz CT molecular complexity index is 2660. The Morgan fingerprint density at radius 1 is 0.761 bits per heavy atom. The molecule has 4 aromatic rings. The van der Waals surface area contributed by atoms with Crippen molar-refractivity contribution in [2.75, 3.05) is 88.6 Å². The van der Waals surface area contributed by atoms with Crippen molar-refractivity contribution in [2.24, 2.45) is 11.8 Å². The van der Waals surface area contributed by atoms with Gasteiger partial charge in [-0.15, -0.1) is 0 Å². The molecule has 0 spiro atoms. The molecule has 0 saturated carbocycles. The zero-order chi connectivity index (χ0) is 50.4. The van der Waals surface area contributed by atoms with Crippen LogP contribution in [0.5, 0.6) is 28.7 Å². The molecule has 0 bridgehead atoms. The van der Waals surface area contributed by atoms with Crippen LogP contribution < -0.4 is 23.7 Å². The molecule has 4 aromatic carbocycles. The van der Waals surface area contributed by atoms with E-state index in [0.717, 1.165) is 59.1 Å². The Labute approximate surface area is 417 Å². The second kappa shape index (κ2) is 22.7. The largest absolute Gasteiger partial charge is 0.497 e. The number of methoxy groups -OCH3 is 6. The van der Waals surface area contributed by atoms with E-state index in [1.165, 1.54) is 37.5 Å². The van der Waals surface area contributed by atoms with Gasteiger partial charge in [-0.25, -0.2) is 13.2 Å². The number of esters is 1. The molecule has 4 aliphatic rings. The van der Waals surface area contributed by atoms with E-state index in [4.69, 9.17) is 37.9 Å². The molecule has 6 unspecified atom stereocenters. The molecule has 4 aliphatic heterocycles. The number of sulfonamides is 1. The first-order valence-corrected chi connectivity index (χ1v) is 25.8. The molecule has 8 rings (SSSR count). The summed E-state index contributed by atoms with van der Waals surface area (Å²) in [6, 6.07) is 21.2. The summed E-state index contributed by atoms with van der Waals surface area (Å²) >= 11 is 0. The first kappa shape index (κ1) is 51.5. The Balaban J connectivity index is 1.11. The number of aliphatic hydroxyl groups is 1. The third-order valence-electron chi connectivity index (χ3n) is 14.8. The lowest BCUT2D eigenvalue weighted by Crippen LogP contribution is -2.48. The van der Waals surface area contributed by atoms with Crippen LogP contribution >= 0.6 is 0 Å². The van der Waals surface area contributed by atoms with Gasteiger partial charge >= 0.3 is 5.97 Å². The number of hydrogen-bond acceptors (Lipinski definition) is 14. The zero-order valence-electron chi connectivity index (χ0n) is 41.8. The van der Waals surface area contributed by atoms with Gasteiger partial charge in [0.1, 0.15) is 5.75 Å². The van der Waals surface area contributed by atoms with Gasteiger partial charge in [0.15, 0.2) is 28.8 Å². The number of nitrogens with zero attached hydrogens (tertiary/aromatic N) is 3. The number of rotatable bonds is 19. The summed E-state index contributed by atoms with van der Waals surface area (Å²) in [5.74, 6) is 2.71. The van der Waals surface area contributed by atoms with Gasteiger partial charge in [0.25, 0.3) is 5.91 Å². The van der Waals surface area contributed by atoms with E-state index in [9.17, 15) is 18.3 Å². The van der Waals surface area contributed by atoms with Gasteiger partial charge in [0.2, 0.25) is 16.3 Å². The normalized spacial score (nSPS) is 22.0. The molecule has 17 heteroatoms.